The molecule has 0 saturated carbocycles. The number of carbonyl (C=O) groups is 3. The number of rotatable bonds is 4. The maximum atomic E-state index is 13.9. The Labute approximate surface area is 205 Å². The van der Waals surface area contributed by atoms with Crippen molar-refractivity contribution in [3.8, 4) is 0 Å². The van der Waals surface area contributed by atoms with Gasteiger partial charge in [-0.1, -0.05) is 71.4 Å². The first-order valence-electron chi connectivity index (χ1n) is 11.5. The SMILES string of the molecule is CCCOC(=O)c1ccc(N2C(=O)[C@@H]3C4c5ccccc5C(Br)(c5ccccc54)[C@@H]3C2=O)cc1. The molecule has 2 amide bonds. The molecule has 3 aliphatic carbocycles. The molecule has 170 valence electrons. The number of halogens is 1. The number of esters is 1. The van der Waals surface area contributed by atoms with Crippen LogP contribution >= 0.6 is 15.9 Å². The topological polar surface area (TPSA) is 63.7 Å². The summed E-state index contributed by atoms with van der Waals surface area (Å²) in [6.45, 7) is 2.28. The van der Waals surface area contributed by atoms with Gasteiger partial charge in [-0.15, -0.1) is 0 Å². The third-order valence-electron chi connectivity index (χ3n) is 7.31. The Morgan fingerprint density at radius 3 is 2.09 bits per heavy atom. The molecule has 3 aromatic rings. The zero-order chi connectivity index (χ0) is 23.6. The molecule has 2 atom stereocenters. The molecule has 6 heteroatoms. The van der Waals surface area contributed by atoms with E-state index in [4.69, 9.17) is 4.74 Å². The number of anilines is 1. The zero-order valence-electron chi connectivity index (χ0n) is 18.5. The van der Waals surface area contributed by atoms with Crippen molar-refractivity contribution in [2.24, 2.45) is 11.8 Å². The van der Waals surface area contributed by atoms with Gasteiger partial charge in [-0.25, -0.2) is 9.69 Å². The van der Waals surface area contributed by atoms with Crippen molar-refractivity contribution in [2.45, 2.75) is 23.6 Å². The Morgan fingerprint density at radius 2 is 1.50 bits per heavy atom. The van der Waals surface area contributed by atoms with Gasteiger partial charge in [0.25, 0.3) is 0 Å². The van der Waals surface area contributed by atoms with Crippen LogP contribution in [0.2, 0.25) is 0 Å². The summed E-state index contributed by atoms with van der Waals surface area (Å²) in [4.78, 5) is 41.2. The van der Waals surface area contributed by atoms with Crippen LogP contribution in [0.3, 0.4) is 0 Å². The number of hydrogen-bond donors (Lipinski definition) is 0. The fraction of sp³-hybridized carbons (Fsp3) is 0.250. The Hall–Kier alpha value is -3.25. The number of benzene rings is 3. The van der Waals surface area contributed by atoms with Gasteiger partial charge in [-0.2, -0.15) is 0 Å². The average Bonchev–Trinajstić information content (AvgIpc) is 3.14. The second kappa shape index (κ2) is 7.64. The molecule has 3 aromatic carbocycles. The van der Waals surface area contributed by atoms with Crippen LogP contribution < -0.4 is 4.90 Å². The predicted octanol–water partition coefficient (Wildman–Crippen LogP) is 5.16. The van der Waals surface area contributed by atoms with Gasteiger partial charge in [0.1, 0.15) is 0 Å². The maximum absolute atomic E-state index is 13.9. The maximum Gasteiger partial charge on any atom is 0.338 e. The van der Waals surface area contributed by atoms with Gasteiger partial charge in [-0.05, 0) is 52.9 Å². The highest BCUT2D eigenvalue weighted by Crippen LogP contribution is 2.66. The quantitative estimate of drug-likeness (QED) is 0.273. The highest BCUT2D eigenvalue weighted by molar-refractivity contribution is 9.09. The molecule has 7 rings (SSSR count). The standard InChI is InChI=1S/C28H22BrNO4/c1-2-15-34-27(33)16-11-13-17(14-12-16)30-25(31)23-22-18-7-3-5-9-20(18)28(29,24(23)26(30)32)21-10-6-4-8-19(21)22/h3-14,22-24H,2,15H2,1H3/t22?,23-,24+,28?/m1/s1. The van der Waals surface area contributed by atoms with Crippen LogP contribution in [0.15, 0.2) is 72.8 Å². The number of ether oxygens (including phenoxy) is 1. The van der Waals surface area contributed by atoms with Gasteiger partial charge < -0.3 is 4.74 Å². The third-order valence-corrected chi connectivity index (χ3v) is 8.66. The molecule has 5 nitrogen and oxygen atoms in total. The first-order valence-corrected chi connectivity index (χ1v) is 12.3. The lowest BCUT2D eigenvalue weighted by molar-refractivity contribution is -0.122. The number of carbonyl (C=O) groups excluding carboxylic acids is 3. The normalized spacial score (nSPS) is 26.2. The van der Waals surface area contributed by atoms with E-state index in [0.29, 0.717) is 17.9 Å². The van der Waals surface area contributed by atoms with Crippen LogP contribution in [0.1, 0.15) is 51.9 Å². The Balaban J connectivity index is 1.44. The highest BCUT2D eigenvalue weighted by Gasteiger charge is 2.67. The number of imide groups is 1. The van der Waals surface area contributed by atoms with E-state index in [1.807, 2.05) is 31.2 Å². The van der Waals surface area contributed by atoms with E-state index in [1.54, 1.807) is 24.3 Å². The van der Waals surface area contributed by atoms with Crippen LogP contribution in [0.4, 0.5) is 5.69 Å². The van der Waals surface area contributed by atoms with E-state index in [1.165, 1.54) is 4.90 Å². The number of amides is 2. The Kier molecular flexibility index (Phi) is 4.78. The van der Waals surface area contributed by atoms with Crippen molar-refractivity contribution in [3.05, 3.63) is 101 Å². The molecule has 34 heavy (non-hydrogen) atoms. The van der Waals surface area contributed by atoms with E-state index in [9.17, 15) is 14.4 Å². The molecule has 2 bridgehead atoms. The number of alkyl halides is 1. The lowest BCUT2D eigenvalue weighted by atomic mass is 9.55. The highest BCUT2D eigenvalue weighted by atomic mass is 79.9. The van der Waals surface area contributed by atoms with Crippen molar-refractivity contribution in [2.75, 3.05) is 11.5 Å². The minimum absolute atomic E-state index is 0.179. The van der Waals surface area contributed by atoms with Gasteiger partial charge in [0.05, 0.1) is 34.0 Å². The largest absolute Gasteiger partial charge is 0.462 e. The summed E-state index contributed by atoms with van der Waals surface area (Å²) in [6, 6.07) is 22.7. The van der Waals surface area contributed by atoms with E-state index in [-0.39, 0.29) is 17.7 Å². The molecular formula is C28H22BrNO4. The lowest BCUT2D eigenvalue weighted by Gasteiger charge is -2.51. The summed E-state index contributed by atoms with van der Waals surface area (Å²) in [5.41, 5.74) is 5.16. The lowest BCUT2D eigenvalue weighted by Crippen LogP contribution is -2.50. The summed E-state index contributed by atoms with van der Waals surface area (Å²) in [6.07, 6.45) is 0.740. The van der Waals surface area contributed by atoms with E-state index in [2.05, 4.69) is 40.2 Å². The smallest absolute Gasteiger partial charge is 0.338 e. The van der Waals surface area contributed by atoms with Gasteiger partial charge in [0, 0.05) is 5.92 Å². The molecular weight excluding hydrogens is 494 g/mol. The fourth-order valence-electron chi connectivity index (χ4n) is 5.96. The van der Waals surface area contributed by atoms with Crippen LogP contribution in [-0.4, -0.2) is 24.4 Å². The summed E-state index contributed by atoms with van der Waals surface area (Å²) < 4.78 is 4.42. The predicted molar refractivity (Wildman–Crippen MR) is 131 cm³/mol. The summed E-state index contributed by atoms with van der Waals surface area (Å²) in [5.74, 6) is -2.06. The molecule has 0 N–H and O–H groups in total. The second-order valence-electron chi connectivity index (χ2n) is 9.06. The van der Waals surface area contributed by atoms with E-state index in [0.717, 1.165) is 28.7 Å². The molecule has 1 saturated heterocycles. The van der Waals surface area contributed by atoms with Crippen LogP contribution in [0.5, 0.6) is 0 Å². The number of nitrogens with zero attached hydrogens (tertiary/aromatic N) is 1. The molecule has 0 aromatic heterocycles. The van der Waals surface area contributed by atoms with Crippen molar-refractivity contribution in [3.63, 3.8) is 0 Å². The van der Waals surface area contributed by atoms with Crippen LogP contribution in [0, 0.1) is 11.8 Å². The third kappa shape index (κ3) is 2.69. The van der Waals surface area contributed by atoms with Gasteiger partial charge in [-0.3, -0.25) is 9.59 Å². The van der Waals surface area contributed by atoms with Crippen molar-refractivity contribution >= 4 is 39.4 Å². The number of hydrogen-bond acceptors (Lipinski definition) is 4. The Morgan fingerprint density at radius 1 is 0.912 bits per heavy atom. The molecule has 1 fully saturated rings. The van der Waals surface area contributed by atoms with E-state index < -0.39 is 22.1 Å². The minimum atomic E-state index is -0.773. The monoisotopic (exact) mass is 515 g/mol. The van der Waals surface area contributed by atoms with Gasteiger partial charge in [0.2, 0.25) is 11.8 Å². The van der Waals surface area contributed by atoms with Crippen molar-refractivity contribution in [1.29, 1.82) is 0 Å². The molecule has 1 aliphatic heterocycles. The Bertz CT molecular complexity index is 1300. The molecule has 0 unspecified atom stereocenters. The van der Waals surface area contributed by atoms with Gasteiger partial charge in [0.15, 0.2) is 0 Å². The first-order chi connectivity index (χ1) is 16.5. The summed E-state index contributed by atoms with van der Waals surface area (Å²) >= 11 is 4.00. The fourth-order valence-corrected chi connectivity index (χ4v) is 7.16. The zero-order valence-corrected chi connectivity index (χ0v) is 20.1. The second-order valence-corrected chi connectivity index (χ2v) is 10.3. The molecule has 1 heterocycles. The summed E-state index contributed by atoms with van der Waals surface area (Å²) in [7, 11) is 0. The average molecular weight is 516 g/mol. The molecule has 0 radical (unpaired) electrons. The minimum Gasteiger partial charge on any atom is -0.462 e. The van der Waals surface area contributed by atoms with Gasteiger partial charge >= 0.3 is 5.97 Å². The summed E-state index contributed by atoms with van der Waals surface area (Å²) in [5, 5.41) is 0. The van der Waals surface area contributed by atoms with Crippen molar-refractivity contribution < 1.29 is 19.1 Å². The first kappa shape index (κ1) is 21.3. The molecule has 0 spiro atoms. The van der Waals surface area contributed by atoms with Crippen molar-refractivity contribution in [1.82, 2.24) is 0 Å². The van der Waals surface area contributed by atoms with E-state index >= 15 is 0 Å². The molecule has 4 aliphatic rings. The van der Waals surface area contributed by atoms with Crippen LogP contribution in [0.25, 0.3) is 0 Å². The van der Waals surface area contributed by atoms with Crippen LogP contribution in [-0.2, 0) is 18.7 Å².